The molecule has 1 N–H and O–H groups in total. The van der Waals surface area contributed by atoms with E-state index in [2.05, 4.69) is 20.5 Å². The molecule has 0 spiro atoms. The molecular formula is C14H14N4O3S. The number of benzene rings is 1. The van der Waals surface area contributed by atoms with Gasteiger partial charge in [-0.3, -0.25) is 10.1 Å². The minimum atomic E-state index is -0.258. The van der Waals surface area contributed by atoms with Crippen LogP contribution in [0.2, 0.25) is 0 Å². The van der Waals surface area contributed by atoms with Crippen molar-refractivity contribution >= 4 is 34.8 Å². The molecule has 1 aromatic carbocycles. The average molecular weight is 318 g/mol. The number of rotatable bonds is 5. The molecule has 0 aliphatic carbocycles. The van der Waals surface area contributed by atoms with Crippen molar-refractivity contribution in [3.8, 4) is 0 Å². The second-order valence-corrected chi connectivity index (χ2v) is 5.81. The summed E-state index contributed by atoms with van der Waals surface area (Å²) in [6.45, 7) is 3.87. The highest BCUT2D eigenvalue weighted by atomic mass is 32.2. The lowest BCUT2D eigenvalue weighted by Crippen LogP contribution is -2.14. The number of para-hydroxylation sites is 2. The van der Waals surface area contributed by atoms with E-state index in [0.717, 1.165) is 5.52 Å². The summed E-state index contributed by atoms with van der Waals surface area (Å²) in [5, 5.41) is 10.6. The van der Waals surface area contributed by atoms with Crippen molar-refractivity contribution in [1.82, 2.24) is 15.2 Å². The Morgan fingerprint density at radius 3 is 2.82 bits per heavy atom. The van der Waals surface area contributed by atoms with Crippen molar-refractivity contribution in [3.05, 3.63) is 30.2 Å². The van der Waals surface area contributed by atoms with Crippen molar-refractivity contribution in [2.45, 2.75) is 25.0 Å². The molecule has 0 radical (unpaired) electrons. The number of hydrogen-bond donors (Lipinski definition) is 1. The Bertz CT molecular complexity index is 763. The number of thioether (sulfide) groups is 1. The first-order valence-electron chi connectivity index (χ1n) is 6.73. The molecule has 0 fully saturated rings. The first kappa shape index (κ1) is 14.6. The van der Waals surface area contributed by atoms with Crippen molar-refractivity contribution in [1.29, 1.82) is 0 Å². The summed E-state index contributed by atoms with van der Waals surface area (Å²) in [5.74, 6) is 0.493. The van der Waals surface area contributed by atoms with E-state index in [0.29, 0.717) is 16.7 Å². The SMILES string of the molecule is CC(C)c1nnc(NC(=O)CSc2nc3ccccc3o2)o1. The molecule has 1 amide bonds. The molecule has 2 aromatic heterocycles. The van der Waals surface area contributed by atoms with Crippen LogP contribution >= 0.6 is 11.8 Å². The molecular weight excluding hydrogens is 304 g/mol. The van der Waals surface area contributed by atoms with Crippen LogP contribution in [0.15, 0.2) is 38.3 Å². The lowest BCUT2D eigenvalue weighted by molar-refractivity contribution is -0.113. The Morgan fingerprint density at radius 1 is 1.27 bits per heavy atom. The van der Waals surface area contributed by atoms with Gasteiger partial charge in [0.1, 0.15) is 5.52 Å². The number of nitrogens with zero attached hydrogens (tertiary/aromatic N) is 3. The third kappa shape index (κ3) is 3.28. The van der Waals surface area contributed by atoms with Crippen molar-refractivity contribution in [2.75, 3.05) is 11.1 Å². The van der Waals surface area contributed by atoms with E-state index in [1.165, 1.54) is 11.8 Å². The highest BCUT2D eigenvalue weighted by Crippen LogP contribution is 2.23. The van der Waals surface area contributed by atoms with Gasteiger partial charge in [0.25, 0.3) is 5.22 Å². The highest BCUT2D eigenvalue weighted by molar-refractivity contribution is 7.99. The summed E-state index contributed by atoms with van der Waals surface area (Å²) in [6, 6.07) is 7.55. The van der Waals surface area contributed by atoms with Crippen LogP contribution in [0, 0.1) is 0 Å². The molecule has 3 aromatic rings. The van der Waals surface area contributed by atoms with Gasteiger partial charge in [-0.2, -0.15) is 0 Å². The quantitative estimate of drug-likeness (QED) is 0.722. The Hall–Kier alpha value is -2.35. The van der Waals surface area contributed by atoms with Crippen LogP contribution in [0.25, 0.3) is 11.1 Å². The van der Waals surface area contributed by atoms with Crippen LogP contribution in [0.1, 0.15) is 25.7 Å². The van der Waals surface area contributed by atoms with E-state index in [1.807, 2.05) is 38.1 Å². The number of amides is 1. The van der Waals surface area contributed by atoms with Crippen LogP contribution < -0.4 is 5.32 Å². The first-order chi connectivity index (χ1) is 10.6. The van der Waals surface area contributed by atoms with Crippen LogP contribution in [-0.2, 0) is 4.79 Å². The molecule has 0 aliphatic heterocycles. The molecule has 7 nitrogen and oxygen atoms in total. The van der Waals surface area contributed by atoms with Crippen molar-refractivity contribution in [3.63, 3.8) is 0 Å². The van der Waals surface area contributed by atoms with Gasteiger partial charge in [0.2, 0.25) is 11.8 Å². The van der Waals surface area contributed by atoms with Gasteiger partial charge in [-0.25, -0.2) is 4.98 Å². The molecule has 8 heteroatoms. The summed E-state index contributed by atoms with van der Waals surface area (Å²) < 4.78 is 10.8. The monoisotopic (exact) mass is 318 g/mol. The predicted molar refractivity (Wildman–Crippen MR) is 81.7 cm³/mol. The summed E-state index contributed by atoms with van der Waals surface area (Å²) >= 11 is 1.21. The van der Waals surface area contributed by atoms with Crippen LogP contribution in [0.3, 0.4) is 0 Å². The lowest BCUT2D eigenvalue weighted by Gasteiger charge is -1.98. The van der Waals surface area contributed by atoms with Gasteiger partial charge in [-0.15, -0.1) is 5.10 Å². The molecule has 0 bridgehead atoms. The molecule has 22 heavy (non-hydrogen) atoms. The fourth-order valence-corrected chi connectivity index (χ4v) is 2.35. The summed E-state index contributed by atoms with van der Waals surface area (Å²) in [7, 11) is 0. The molecule has 114 valence electrons. The Kier molecular flexibility index (Phi) is 4.10. The normalized spacial score (nSPS) is 11.2. The third-order valence-corrected chi connectivity index (χ3v) is 3.61. The Labute approximate surface area is 130 Å². The minimum Gasteiger partial charge on any atom is -0.431 e. The van der Waals surface area contributed by atoms with Gasteiger partial charge in [0.05, 0.1) is 5.75 Å². The Balaban J connectivity index is 1.57. The maximum atomic E-state index is 11.9. The standard InChI is InChI=1S/C14H14N4O3S/c1-8(2)12-17-18-13(21-12)16-11(19)7-22-14-15-9-5-3-4-6-10(9)20-14/h3-6,8H,7H2,1-2H3,(H,16,18,19). The maximum Gasteiger partial charge on any atom is 0.322 e. The molecule has 0 aliphatic rings. The molecule has 0 saturated carbocycles. The molecule has 3 rings (SSSR count). The van der Waals surface area contributed by atoms with Gasteiger partial charge in [0, 0.05) is 5.92 Å². The predicted octanol–water partition coefficient (Wildman–Crippen LogP) is 3.07. The smallest absolute Gasteiger partial charge is 0.322 e. The first-order valence-corrected chi connectivity index (χ1v) is 7.72. The number of oxazole rings is 1. The van der Waals surface area contributed by atoms with Crippen LogP contribution in [0.4, 0.5) is 6.01 Å². The second-order valence-electron chi connectivity index (χ2n) is 4.88. The number of aromatic nitrogens is 3. The van der Waals surface area contributed by atoms with Gasteiger partial charge >= 0.3 is 6.01 Å². The Morgan fingerprint density at radius 2 is 2.09 bits per heavy atom. The van der Waals surface area contributed by atoms with Gasteiger partial charge < -0.3 is 8.83 Å². The van der Waals surface area contributed by atoms with E-state index < -0.39 is 0 Å². The number of carbonyl (C=O) groups is 1. The number of anilines is 1. The fourth-order valence-electron chi connectivity index (χ4n) is 1.71. The fraction of sp³-hybridized carbons (Fsp3) is 0.286. The van der Waals surface area contributed by atoms with Gasteiger partial charge in [-0.05, 0) is 12.1 Å². The number of hydrogen-bond acceptors (Lipinski definition) is 7. The maximum absolute atomic E-state index is 11.9. The largest absolute Gasteiger partial charge is 0.431 e. The molecule has 0 unspecified atom stereocenters. The van der Waals surface area contributed by atoms with E-state index in [9.17, 15) is 4.79 Å². The van der Waals surface area contributed by atoms with Crippen molar-refractivity contribution in [2.24, 2.45) is 0 Å². The van der Waals surface area contributed by atoms with Gasteiger partial charge in [0.15, 0.2) is 5.58 Å². The number of carbonyl (C=O) groups excluding carboxylic acids is 1. The van der Waals surface area contributed by atoms with Crippen molar-refractivity contribution < 1.29 is 13.6 Å². The molecule has 0 saturated heterocycles. The van der Waals surface area contributed by atoms with E-state index in [4.69, 9.17) is 8.83 Å². The minimum absolute atomic E-state index is 0.104. The number of fused-ring (bicyclic) bond motifs is 1. The zero-order valence-corrected chi connectivity index (χ0v) is 12.9. The topological polar surface area (TPSA) is 94.1 Å². The molecule has 0 atom stereocenters. The highest BCUT2D eigenvalue weighted by Gasteiger charge is 2.13. The zero-order chi connectivity index (χ0) is 15.5. The van der Waals surface area contributed by atoms with E-state index in [1.54, 1.807) is 0 Å². The summed E-state index contributed by atoms with van der Waals surface area (Å²) in [5.41, 5.74) is 1.47. The van der Waals surface area contributed by atoms with E-state index in [-0.39, 0.29) is 23.6 Å². The van der Waals surface area contributed by atoms with Crippen LogP contribution in [0.5, 0.6) is 0 Å². The van der Waals surface area contributed by atoms with Crippen LogP contribution in [-0.4, -0.2) is 26.8 Å². The van der Waals surface area contributed by atoms with Gasteiger partial charge in [-0.1, -0.05) is 42.8 Å². The third-order valence-electron chi connectivity index (χ3n) is 2.78. The number of nitrogens with one attached hydrogen (secondary N) is 1. The summed E-state index contributed by atoms with van der Waals surface area (Å²) in [6.07, 6.45) is 0. The second kappa shape index (κ2) is 6.18. The average Bonchev–Trinajstić information content (AvgIpc) is 3.11. The zero-order valence-electron chi connectivity index (χ0n) is 12.1. The van der Waals surface area contributed by atoms with E-state index >= 15 is 0 Å². The molecule has 2 heterocycles. The summed E-state index contributed by atoms with van der Waals surface area (Å²) in [4.78, 5) is 16.1. The lowest BCUT2D eigenvalue weighted by atomic mass is 10.2.